The van der Waals surface area contributed by atoms with Crippen LogP contribution in [0.4, 0.5) is 10.5 Å². The van der Waals surface area contributed by atoms with Crippen molar-refractivity contribution >= 4 is 29.5 Å². The molecule has 36 heavy (non-hydrogen) atoms. The van der Waals surface area contributed by atoms with Crippen molar-refractivity contribution in [3.63, 3.8) is 0 Å². The molecule has 3 unspecified atom stereocenters. The van der Waals surface area contributed by atoms with Crippen LogP contribution in [-0.2, 0) is 14.3 Å². The number of benzene rings is 1. The van der Waals surface area contributed by atoms with E-state index in [0.717, 1.165) is 0 Å². The maximum atomic E-state index is 13.4. The lowest BCUT2D eigenvalue weighted by Crippen LogP contribution is -2.58. The van der Waals surface area contributed by atoms with Gasteiger partial charge in [-0.25, -0.2) is 14.6 Å². The number of nitrogens with one attached hydrogen (secondary N) is 3. The lowest BCUT2D eigenvalue weighted by molar-refractivity contribution is -0.146. The highest BCUT2D eigenvalue weighted by Gasteiger charge is 2.44. The van der Waals surface area contributed by atoms with Gasteiger partial charge in [-0.1, -0.05) is 19.9 Å². The number of esters is 1. The summed E-state index contributed by atoms with van der Waals surface area (Å²) in [5.74, 6) is -1.42. The summed E-state index contributed by atoms with van der Waals surface area (Å²) >= 11 is 0. The van der Waals surface area contributed by atoms with Gasteiger partial charge in [0.25, 0.3) is 5.91 Å². The van der Waals surface area contributed by atoms with Gasteiger partial charge in [-0.2, -0.15) is 0 Å². The standard InChI is InChI=1S/C24H30N6O6/c1-14(2)19(23(33)36-4)29-21(31)20-17(8-11-30(20)22(32)18-13-25-9-10-26-18)28-24(34)27-15-6-5-7-16(12-15)35-3/h5-7,9-10,12-14,17,19-20H,8,11H2,1-4H3,(H,29,31)(H2,27,28,34). The molecule has 0 bridgehead atoms. The molecule has 1 aromatic heterocycles. The van der Waals surface area contributed by atoms with Crippen LogP contribution in [0.1, 0.15) is 30.8 Å². The number of likely N-dealkylation sites (tertiary alicyclic amines) is 1. The minimum absolute atomic E-state index is 0.0603. The Balaban J connectivity index is 1.82. The first-order chi connectivity index (χ1) is 17.2. The molecule has 12 heteroatoms. The van der Waals surface area contributed by atoms with Crippen LogP contribution >= 0.6 is 0 Å². The molecule has 2 aromatic rings. The summed E-state index contributed by atoms with van der Waals surface area (Å²) in [5, 5.41) is 8.17. The van der Waals surface area contributed by atoms with Gasteiger partial charge in [-0.05, 0) is 24.5 Å². The molecule has 2 heterocycles. The molecule has 12 nitrogen and oxygen atoms in total. The zero-order valence-corrected chi connectivity index (χ0v) is 20.6. The minimum Gasteiger partial charge on any atom is -0.497 e. The van der Waals surface area contributed by atoms with Crippen molar-refractivity contribution in [1.29, 1.82) is 0 Å². The number of hydrogen-bond donors (Lipinski definition) is 3. The van der Waals surface area contributed by atoms with E-state index < -0.39 is 41.9 Å². The Labute approximate surface area is 208 Å². The van der Waals surface area contributed by atoms with Gasteiger partial charge in [-0.3, -0.25) is 14.6 Å². The van der Waals surface area contributed by atoms with Crippen molar-refractivity contribution in [2.75, 3.05) is 26.1 Å². The van der Waals surface area contributed by atoms with Crippen LogP contribution in [0.25, 0.3) is 0 Å². The Morgan fingerprint density at radius 1 is 1.14 bits per heavy atom. The first-order valence-corrected chi connectivity index (χ1v) is 11.4. The Morgan fingerprint density at radius 2 is 1.92 bits per heavy atom. The summed E-state index contributed by atoms with van der Waals surface area (Å²) in [7, 11) is 2.75. The maximum absolute atomic E-state index is 13.4. The van der Waals surface area contributed by atoms with Crippen molar-refractivity contribution in [2.45, 2.75) is 38.4 Å². The highest BCUT2D eigenvalue weighted by atomic mass is 16.5. The Hall–Kier alpha value is -4.22. The largest absolute Gasteiger partial charge is 0.497 e. The molecule has 3 rings (SSSR count). The predicted molar refractivity (Wildman–Crippen MR) is 129 cm³/mol. The zero-order chi connectivity index (χ0) is 26.2. The summed E-state index contributed by atoms with van der Waals surface area (Å²) in [5.41, 5.74) is 0.550. The highest BCUT2D eigenvalue weighted by molar-refractivity contribution is 5.98. The number of ether oxygens (including phenoxy) is 2. The fourth-order valence-corrected chi connectivity index (χ4v) is 3.95. The number of anilines is 1. The summed E-state index contributed by atoms with van der Waals surface area (Å²) in [6.07, 6.45) is 4.42. The van der Waals surface area contributed by atoms with E-state index >= 15 is 0 Å². The van der Waals surface area contributed by atoms with E-state index in [4.69, 9.17) is 9.47 Å². The van der Waals surface area contributed by atoms with Gasteiger partial charge in [-0.15, -0.1) is 0 Å². The molecule has 1 aromatic carbocycles. The number of aromatic nitrogens is 2. The van der Waals surface area contributed by atoms with E-state index in [-0.39, 0.29) is 18.2 Å². The third-order valence-electron chi connectivity index (χ3n) is 5.77. The minimum atomic E-state index is -1.10. The van der Waals surface area contributed by atoms with Crippen LogP contribution in [0.5, 0.6) is 5.75 Å². The fraction of sp³-hybridized carbons (Fsp3) is 0.417. The number of amides is 4. The van der Waals surface area contributed by atoms with Gasteiger partial charge >= 0.3 is 12.0 Å². The zero-order valence-electron chi connectivity index (χ0n) is 20.6. The highest BCUT2D eigenvalue weighted by Crippen LogP contribution is 2.22. The second kappa shape index (κ2) is 12.0. The molecular weight excluding hydrogens is 468 g/mol. The fourth-order valence-electron chi connectivity index (χ4n) is 3.95. The molecule has 1 fully saturated rings. The molecule has 1 aliphatic heterocycles. The molecule has 0 saturated carbocycles. The number of urea groups is 1. The maximum Gasteiger partial charge on any atom is 0.328 e. The first-order valence-electron chi connectivity index (χ1n) is 11.4. The number of rotatable bonds is 8. The Kier molecular flexibility index (Phi) is 8.76. The van der Waals surface area contributed by atoms with Crippen molar-refractivity contribution in [3.8, 4) is 5.75 Å². The number of hydrogen-bond acceptors (Lipinski definition) is 8. The van der Waals surface area contributed by atoms with Gasteiger partial charge in [0.2, 0.25) is 5.91 Å². The normalized spacial score (nSPS) is 17.8. The Bertz CT molecular complexity index is 1100. The molecule has 0 radical (unpaired) electrons. The van der Waals surface area contributed by atoms with E-state index in [0.29, 0.717) is 17.9 Å². The van der Waals surface area contributed by atoms with Gasteiger partial charge in [0.1, 0.15) is 23.5 Å². The topological polar surface area (TPSA) is 152 Å². The summed E-state index contributed by atoms with van der Waals surface area (Å²) in [6, 6.07) is 3.48. The smallest absolute Gasteiger partial charge is 0.328 e. The van der Waals surface area contributed by atoms with Gasteiger partial charge < -0.3 is 30.3 Å². The lowest BCUT2D eigenvalue weighted by atomic mass is 10.0. The van der Waals surface area contributed by atoms with Crippen molar-refractivity contribution < 1.29 is 28.7 Å². The predicted octanol–water partition coefficient (Wildman–Crippen LogP) is 1.20. The van der Waals surface area contributed by atoms with E-state index in [1.807, 2.05) is 0 Å². The quantitative estimate of drug-likeness (QED) is 0.459. The van der Waals surface area contributed by atoms with Crippen LogP contribution in [0.15, 0.2) is 42.9 Å². The van der Waals surface area contributed by atoms with E-state index in [2.05, 4.69) is 25.9 Å². The molecule has 3 N–H and O–H groups in total. The molecule has 4 amide bonds. The van der Waals surface area contributed by atoms with Crippen LogP contribution in [0.3, 0.4) is 0 Å². The molecule has 0 spiro atoms. The molecule has 192 valence electrons. The van der Waals surface area contributed by atoms with Gasteiger partial charge in [0, 0.05) is 30.7 Å². The van der Waals surface area contributed by atoms with Crippen LogP contribution in [0, 0.1) is 5.92 Å². The Morgan fingerprint density at radius 3 is 2.56 bits per heavy atom. The second-order valence-corrected chi connectivity index (χ2v) is 8.51. The van der Waals surface area contributed by atoms with Gasteiger partial charge in [0.15, 0.2) is 0 Å². The second-order valence-electron chi connectivity index (χ2n) is 8.51. The monoisotopic (exact) mass is 498 g/mol. The summed E-state index contributed by atoms with van der Waals surface area (Å²) in [4.78, 5) is 60.9. The molecule has 0 aliphatic carbocycles. The SMILES string of the molecule is COC(=O)C(NC(=O)C1C(NC(=O)Nc2cccc(OC)c2)CCN1C(=O)c1cnccn1)C(C)C. The third-order valence-corrected chi connectivity index (χ3v) is 5.77. The van der Waals surface area contributed by atoms with E-state index in [1.165, 1.54) is 37.7 Å². The van der Waals surface area contributed by atoms with E-state index in [9.17, 15) is 19.2 Å². The van der Waals surface area contributed by atoms with Crippen molar-refractivity contribution in [2.24, 2.45) is 5.92 Å². The average Bonchev–Trinajstić information content (AvgIpc) is 3.29. The summed E-state index contributed by atoms with van der Waals surface area (Å²) in [6.45, 7) is 3.70. The molecule has 1 aliphatic rings. The van der Waals surface area contributed by atoms with Crippen molar-refractivity contribution in [3.05, 3.63) is 48.5 Å². The number of carbonyl (C=O) groups is 4. The average molecular weight is 499 g/mol. The first kappa shape index (κ1) is 26.4. The van der Waals surface area contributed by atoms with Crippen LogP contribution in [0.2, 0.25) is 0 Å². The van der Waals surface area contributed by atoms with E-state index in [1.54, 1.807) is 38.1 Å². The number of nitrogens with zero attached hydrogens (tertiary/aromatic N) is 3. The number of carbonyl (C=O) groups excluding carboxylic acids is 4. The van der Waals surface area contributed by atoms with Gasteiger partial charge in [0.05, 0.1) is 26.5 Å². The van der Waals surface area contributed by atoms with Crippen LogP contribution in [-0.4, -0.2) is 77.6 Å². The molecular formula is C24H30N6O6. The summed E-state index contributed by atoms with van der Waals surface area (Å²) < 4.78 is 9.98. The van der Waals surface area contributed by atoms with Crippen LogP contribution < -0.4 is 20.7 Å². The molecule has 3 atom stereocenters. The third kappa shape index (κ3) is 6.26. The number of methoxy groups -OCH3 is 2. The lowest BCUT2D eigenvalue weighted by Gasteiger charge is -2.29. The van der Waals surface area contributed by atoms with Crippen molar-refractivity contribution in [1.82, 2.24) is 25.5 Å². The molecule has 1 saturated heterocycles.